The van der Waals surface area contributed by atoms with E-state index in [0.717, 1.165) is 43.6 Å². The van der Waals surface area contributed by atoms with Gasteiger partial charge in [-0.25, -0.2) is 0 Å². The zero-order chi connectivity index (χ0) is 19.4. The average Bonchev–Trinajstić information content (AvgIpc) is 2.60. The number of carbonyl (C=O) groups excluding carboxylic acids is 2. The van der Waals surface area contributed by atoms with Gasteiger partial charge in [0.25, 0.3) is 0 Å². The van der Waals surface area contributed by atoms with Crippen molar-refractivity contribution in [3.8, 4) is 0 Å². The van der Waals surface area contributed by atoms with E-state index in [1.807, 2.05) is 13.8 Å². The highest BCUT2D eigenvalue weighted by molar-refractivity contribution is 5.90. The molecule has 0 aromatic carbocycles. The van der Waals surface area contributed by atoms with Gasteiger partial charge in [-0.2, -0.15) is 0 Å². The molecule has 162 valence electrons. The van der Waals surface area contributed by atoms with Crippen molar-refractivity contribution < 1.29 is 14.3 Å². The number of halogens is 1. The molecular formula is C21H38ClN3O3. The quantitative estimate of drug-likeness (QED) is 0.477. The zero-order valence-corrected chi connectivity index (χ0v) is 18.4. The summed E-state index contributed by atoms with van der Waals surface area (Å²) in [7, 11) is 1.67. The highest BCUT2D eigenvalue weighted by atomic mass is 35.5. The van der Waals surface area contributed by atoms with E-state index >= 15 is 0 Å². The van der Waals surface area contributed by atoms with E-state index < -0.39 is 6.04 Å². The molecule has 4 rings (SSSR count). The number of methoxy groups -OCH3 is 1. The van der Waals surface area contributed by atoms with E-state index in [1.165, 1.54) is 19.3 Å². The fourth-order valence-electron chi connectivity index (χ4n) is 5.90. The maximum atomic E-state index is 13.2. The van der Waals surface area contributed by atoms with Crippen molar-refractivity contribution >= 4 is 24.2 Å². The maximum Gasteiger partial charge on any atom is 0.242 e. The Morgan fingerprint density at radius 3 is 2.07 bits per heavy atom. The minimum Gasteiger partial charge on any atom is -0.383 e. The fraction of sp³-hybridized carbons (Fsp3) is 0.905. The van der Waals surface area contributed by atoms with Gasteiger partial charge >= 0.3 is 0 Å². The molecule has 0 aromatic heterocycles. The maximum absolute atomic E-state index is 13.2. The van der Waals surface area contributed by atoms with Gasteiger partial charge in [0.05, 0.1) is 6.61 Å². The van der Waals surface area contributed by atoms with Gasteiger partial charge in [-0.1, -0.05) is 13.8 Å². The predicted molar refractivity (Wildman–Crippen MR) is 112 cm³/mol. The number of hydrogen-bond acceptors (Lipinski definition) is 4. The summed E-state index contributed by atoms with van der Waals surface area (Å²) in [5.41, 5.74) is -0.204. The molecule has 0 heterocycles. The number of amides is 2. The number of ether oxygens (including phenoxy) is 1. The molecule has 4 bridgehead atoms. The lowest BCUT2D eigenvalue weighted by Crippen LogP contribution is -2.58. The Hall–Kier alpha value is -0.850. The lowest BCUT2D eigenvalue weighted by atomic mass is 9.49. The van der Waals surface area contributed by atoms with Gasteiger partial charge in [0.15, 0.2) is 0 Å². The monoisotopic (exact) mass is 415 g/mol. The van der Waals surface area contributed by atoms with Crippen LogP contribution in [0.5, 0.6) is 0 Å². The van der Waals surface area contributed by atoms with Crippen LogP contribution in [0.4, 0.5) is 0 Å². The lowest BCUT2D eigenvalue weighted by Gasteiger charge is -2.55. The Balaban J connectivity index is 0.00000280. The van der Waals surface area contributed by atoms with Gasteiger partial charge in [-0.3, -0.25) is 9.59 Å². The van der Waals surface area contributed by atoms with Gasteiger partial charge in [0.2, 0.25) is 11.8 Å². The SMILES string of the molecule is COCCNCCNC(=O)C(NC(=O)C12CC3CC(CC(C3)C1)C2)C(C)C.Cl. The average molecular weight is 416 g/mol. The summed E-state index contributed by atoms with van der Waals surface area (Å²) in [6.45, 7) is 6.68. The van der Waals surface area contributed by atoms with Crippen molar-refractivity contribution in [1.82, 2.24) is 16.0 Å². The third-order valence-electron chi connectivity index (χ3n) is 6.84. The molecule has 4 aliphatic rings. The summed E-state index contributed by atoms with van der Waals surface area (Å²) >= 11 is 0. The van der Waals surface area contributed by atoms with Gasteiger partial charge in [0, 0.05) is 32.2 Å². The Labute approximate surface area is 175 Å². The predicted octanol–water partition coefficient (Wildman–Crippen LogP) is 2.12. The summed E-state index contributed by atoms with van der Waals surface area (Å²) in [4.78, 5) is 25.9. The zero-order valence-electron chi connectivity index (χ0n) is 17.6. The van der Waals surface area contributed by atoms with Crippen LogP contribution < -0.4 is 16.0 Å². The molecule has 2 amide bonds. The van der Waals surface area contributed by atoms with Crippen molar-refractivity contribution in [2.75, 3.05) is 33.4 Å². The highest BCUT2D eigenvalue weighted by Crippen LogP contribution is 2.60. The molecule has 6 nitrogen and oxygen atoms in total. The second kappa shape index (κ2) is 10.3. The second-order valence-electron chi connectivity index (χ2n) is 9.43. The Morgan fingerprint density at radius 1 is 1.00 bits per heavy atom. The van der Waals surface area contributed by atoms with Crippen LogP contribution in [-0.4, -0.2) is 51.2 Å². The first-order valence-corrected chi connectivity index (χ1v) is 10.7. The molecule has 3 N–H and O–H groups in total. The van der Waals surface area contributed by atoms with E-state index in [1.54, 1.807) is 7.11 Å². The molecule has 4 fully saturated rings. The van der Waals surface area contributed by atoms with E-state index in [0.29, 0.717) is 19.7 Å². The van der Waals surface area contributed by atoms with Crippen LogP contribution in [0.3, 0.4) is 0 Å². The molecular weight excluding hydrogens is 378 g/mol. The summed E-state index contributed by atoms with van der Waals surface area (Å²) in [6.07, 6.45) is 7.03. The third kappa shape index (κ3) is 5.39. The van der Waals surface area contributed by atoms with Crippen LogP contribution in [0.25, 0.3) is 0 Å². The number of rotatable bonds is 10. The molecule has 1 unspecified atom stereocenters. The molecule has 0 aromatic rings. The minimum absolute atomic E-state index is 0. The van der Waals surface area contributed by atoms with Gasteiger partial charge in [0.1, 0.15) is 6.04 Å². The van der Waals surface area contributed by atoms with Gasteiger partial charge < -0.3 is 20.7 Å². The number of nitrogens with one attached hydrogen (secondary N) is 3. The molecule has 0 saturated heterocycles. The van der Waals surface area contributed by atoms with E-state index in [2.05, 4.69) is 16.0 Å². The third-order valence-corrected chi connectivity index (χ3v) is 6.84. The Kier molecular flexibility index (Phi) is 8.59. The van der Waals surface area contributed by atoms with Gasteiger partial charge in [-0.05, 0) is 62.2 Å². The molecule has 28 heavy (non-hydrogen) atoms. The molecule has 7 heteroatoms. The van der Waals surface area contributed by atoms with Crippen LogP contribution in [0.2, 0.25) is 0 Å². The number of hydrogen-bond donors (Lipinski definition) is 3. The first-order valence-electron chi connectivity index (χ1n) is 10.7. The van der Waals surface area contributed by atoms with E-state index in [9.17, 15) is 9.59 Å². The first-order chi connectivity index (χ1) is 12.9. The van der Waals surface area contributed by atoms with Crippen molar-refractivity contribution in [1.29, 1.82) is 0 Å². The minimum atomic E-state index is -0.454. The Morgan fingerprint density at radius 2 is 1.57 bits per heavy atom. The largest absolute Gasteiger partial charge is 0.383 e. The normalized spacial score (nSPS) is 31.4. The topological polar surface area (TPSA) is 79.5 Å². The summed E-state index contributed by atoms with van der Waals surface area (Å²) in [6, 6.07) is -0.454. The summed E-state index contributed by atoms with van der Waals surface area (Å²) in [5, 5.41) is 9.32. The fourth-order valence-corrected chi connectivity index (χ4v) is 5.90. The van der Waals surface area contributed by atoms with Crippen LogP contribution >= 0.6 is 12.4 Å². The smallest absolute Gasteiger partial charge is 0.242 e. The second-order valence-corrected chi connectivity index (χ2v) is 9.43. The highest BCUT2D eigenvalue weighted by Gasteiger charge is 2.55. The van der Waals surface area contributed by atoms with Crippen molar-refractivity contribution in [2.45, 2.75) is 58.4 Å². The molecule has 0 radical (unpaired) electrons. The van der Waals surface area contributed by atoms with Crippen molar-refractivity contribution in [3.63, 3.8) is 0 Å². The molecule has 1 atom stereocenters. The van der Waals surface area contributed by atoms with Crippen molar-refractivity contribution in [2.24, 2.45) is 29.1 Å². The van der Waals surface area contributed by atoms with Crippen molar-refractivity contribution in [3.05, 3.63) is 0 Å². The Bertz CT molecular complexity index is 506. The lowest BCUT2D eigenvalue weighted by molar-refractivity contribution is -0.149. The van der Waals surface area contributed by atoms with Crippen LogP contribution in [0.1, 0.15) is 52.4 Å². The summed E-state index contributed by atoms with van der Waals surface area (Å²) in [5.74, 6) is 2.32. The molecule has 4 aliphatic carbocycles. The van der Waals surface area contributed by atoms with E-state index in [4.69, 9.17) is 4.74 Å². The molecule has 0 aliphatic heterocycles. The number of carbonyl (C=O) groups is 2. The first kappa shape index (κ1) is 23.4. The van der Waals surface area contributed by atoms with E-state index in [-0.39, 0.29) is 35.6 Å². The molecule has 4 saturated carbocycles. The van der Waals surface area contributed by atoms with Crippen LogP contribution in [0.15, 0.2) is 0 Å². The standard InChI is InChI=1S/C21H37N3O3.ClH/c1-14(2)18(19(25)23-5-4-22-6-7-27-3)24-20(26)21-11-15-8-16(12-21)10-17(9-15)13-21;/h14-18,22H,4-13H2,1-3H3,(H,23,25)(H,24,26);1H. The summed E-state index contributed by atoms with van der Waals surface area (Å²) < 4.78 is 4.99. The molecule has 0 spiro atoms. The van der Waals surface area contributed by atoms with Gasteiger partial charge in [-0.15, -0.1) is 12.4 Å². The van der Waals surface area contributed by atoms with Crippen LogP contribution in [0, 0.1) is 29.1 Å². The van der Waals surface area contributed by atoms with Crippen LogP contribution in [-0.2, 0) is 14.3 Å².